The summed E-state index contributed by atoms with van der Waals surface area (Å²) in [5.41, 5.74) is 7.96. The van der Waals surface area contributed by atoms with Crippen LogP contribution in [-0.4, -0.2) is 50.4 Å². The Kier molecular flexibility index (Phi) is 7.65. The Bertz CT molecular complexity index is 559. The zero-order valence-electron chi connectivity index (χ0n) is 12.7. The van der Waals surface area contributed by atoms with Crippen LogP contribution in [0.1, 0.15) is 19.0 Å². The third kappa shape index (κ3) is 6.34. The maximum absolute atomic E-state index is 11.9. The smallest absolute Gasteiger partial charge is 0.239 e. The van der Waals surface area contributed by atoms with E-state index in [1.807, 2.05) is 0 Å². The molecule has 1 aromatic heterocycles. The third-order valence-corrected chi connectivity index (χ3v) is 3.46. The summed E-state index contributed by atoms with van der Waals surface area (Å²) in [6.45, 7) is 1.48. The minimum Gasteiger partial charge on any atom is -0.370 e. The predicted octanol–water partition coefficient (Wildman–Crippen LogP) is -2.47. The maximum atomic E-state index is 11.9. The number of nitrogens with two attached hydrogens (primary N) is 2. The van der Waals surface area contributed by atoms with Crippen LogP contribution < -0.4 is 22.3 Å². The number of aryl methyl sites for hydroxylation is 1. The lowest BCUT2D eigenvalue weighted by Gasteiger charge is -2.19. The standard InChI is InChI=1S/C12H21N7O3S/c1-7(20)9(15-12(22)10(6-23)16-14)5-19-4-8(17-18-19)2-3-11(13)21/h4,9-10,16,23H,2-3,5-6,14H2,1H3,(H2,13,21)(H,15,22)/t9-,10-/m0/s1. The van der Waals surface area contributed by atoms with E-state index in [2.05, 4.69) is 33.7 Å². The van der Waals surface area contributed by atoms with E-state index in [0.29, 0.717) is 12.1 Å². The van der Waals surface area contributed by atoms with Crippen molar-refractivity contribution in [1.29, 1.82) is 0 Å². The lowest BCUT2D eigenvalue weighted by atomic mass is 10.2. The molecule has 1 rings (SSSR count). The second kappa shape index (κ2) is 9.22. The quantitative estimate of drug-likeness (QED) is 0.179. The van der Waals surface area contributed by atoms with Gasteiger partial charge in [0.05, 0.1) is 12.2 Å². The number of aromatic nitrogens is 3. The third-order valence-electron chi connectivity index (χ3n) is 3.09. The number of primary amides is 1. The maximum Gasteiger partial charge on any atom is 0.239 e. The van der Waals surface area contributed by atoms with Gasteiger partial charge in [0, 0.05) is 24.8 Å². The number of amides is 2. The normalized spacial score (nSPS) is 13.3. The Labute approximate surface area is 138 Å². The van der Waals surface area contributed by atoms with E-state index in [1.54, 1.807) is 6.20 Å². The first-order valence-corrected chi connectivity index (χ1v) is 7.55. The monoisotopic (exact) mass is 343 g/mol. The first-order chi connectivity index (χ1) is 10.9. The lowest BCUT2D eigenvalue weighted by molar-refractivity contribution is -0.128. The van der Waals surface area contributed by atoms with E-state index in [-0.39, 0.29) is 24.5 Å². The molecule has 6 N–H and O–H groups in total. The van der Waals surface area contributed by atoms with E-state index < -0.39 is 23.9 Å². The van der Waals surface area contributed by atoms with Crippen molar-refractivity contribution < 1.29 is 14.4 Å². The summed E-state index contributed by atoms with van der Waals surface area (Å²) in [6, 6.07) is -1.48. The summed E-state index contributed by atoms with van der Waals surface area (Å²) in [7, 11) is 0. The fraction of sp³-hybridized carbons (Fsp3) is 0.583. The molecule has 0 saturated carbocycles. The van der Waals surface area contributed by atoms with Crippen molar-refractivity contribution in [2.45, 2.75) is 38.4 Å². The van der Waals surface area contributed by atoms with E-state index in [4.69, 9.17) is 11.6 Å². The minimum atomic E-state index is -0.774. The summed E-state index contributed by atoms with van der Waals surface area (Å²) >= 11 is 4.00. The van der Waals surface area contributed by atoms with Crippen molar-refractivity contribution in [3.63, 3.8) is 0 Å². The lowest BCUT2D eigenvalue weighted by Crippen LogP contribution is -2.53. The van der Waals surface area contributed by atoms with Crippen LogP contribution in [0, 0.1) is 0 Å². The highest BCUT2D eigenvalue weighted by molar-refractivity contribution is 7.80. The molecule has 0 bridgehead atoms. The van der Waals surface area contributed by atoms with Gasteiger partial charge in [-0.2, -0.15) is 12.6 Å². The van der Waals surface area contributed by atoms with Gasteiger partial charge in [-0.3, -0.25) is 20.2 Å². The van der Waals surface area contributed by atoms with Crippen molar-refractivity contribution in [3.8, 4) is 0 Å². The number of ketones is 1. The largest absolute Gasteiger partial charge is 0.370 e. The molecule has 0 aliphatic heterocycles. The van der Waals surface area contributed by atoms with Crippen LogP contribution in [0.3, 0.4) is 0 Å². The number of thiol groups is 1. The summed E-state index contributed by atoms with van der Waals surface area (Å²) in [5, 5.41) is 10.3. The number of carbonyl (C=O) groups excluding carboxylic acids is 3. The Morgan fingerprint density at radius 2 is 2.09 bits per heavy atom. The number of nitrogens with zero attached hydrogens (tertiary/aromatic N) is 3. The highest BCUT2D eigenvalue weighted by Gasteiger charge is 2.22. The molecule has 0 unspecified atom stereocenters. The van der Waals surface area contributed by atoms with Gasteiger partial charge in [0.1, 0.15) is 12.1 Å². The first kappa shape index (κ1) is 19.1. The van der Waals surface area contributed by atoms with Crippen LogP contribution in [0.15, 0.2) is 6.20 Å². The second-order valence-electron chi connectivity index (χ2n) is 4.97. The van der Waals surface area contributed by atoms with Crippen LogP contribution in [0.2, 0.25) is 0 Å². The molecule has 0 saturated heterocycles. The molecular formula is C12H21N7O3S. The van der Waals surface area contributed by atoms with Crippen LogP contribution in [-0.2, 0) is 27.3 Å². The van der Waals surface area contributed by atoms with E-state index >= 15 is 0 Å². The molecule has 23 heavy (non-hydrogen) atoms. The fourth-order valence-corrected chi connectivity index (χ4v) is 2.01. The summed E-state index contributed by atoms with van der Waals surface area (Å²) in [6.07, 6.45) is 2.13. The summed E-state index contributed by atoms with van der Waals surface area (Å²) < 4.78 is 1.42. The molecular weight excluding hydrogens is 322 g/mol. The molecule has 10 nitrogen and oxygen atoms in total. The van der Waals surface area contributed by atoms with Crippen molar-refractivity contribution in [2.75, 3.05) is 5.75 Å². The molecule has 0 aromatic carbocycles. The Hall–Kier alpha value is -1.98. The Morgan fingerprint density at radius 1 is 1.39 bits per heavy atom. The molecule has 2 amide bonds. The SMILES string of the molecule is CC(=O)[C@H](Cn1cc(CCC(N)=O)nn1)NC(=O)[C@H](CS)NN. The van der Waals surface area contributed by atoms with Crippen LogP contribution in [0.5, 0.6) is 0 Å². The molecule has 0 spiro atoms. The average Bonchev–Trinajstić information content (AvgIpc) is 2.93. The predicted molar refractivity (Wildman–Crippen MR) is 85.1 cm³/mol. The highest BCUT2D eigenvalue weighted by atomic mass is 32.1. The molecule has 0 aliphatic rings. The number of hydrazine groups is 1. The van der Waals surface area contributed by atoms with Crippen LogP contribution >= 0.6 is 12.6 Å². The van der Waals surface area contributed by atoms with Crippen molar-refractivity contribution in [2.24, 2.45) is 11.6 Å². The van der Waals surface area contributed by atoms with Gasteiger partial charge in [-0.1, -0.05) is 5.21 Å². The van der Waals surface area contributed by atoms with Gasteiger partial charge in [-0.05, 0) is 6.92 Å². The Balaban J connectivity index is 2.67. The van der Waals surface area contributed by atoms with Gasteiger partial charge < -0.3 is 11.1 Å². The van der Waals surface area contributed by atoms with E-state index in [9.17, 15) is 14.4 Å². The van der Waals surface area contributed by atoms with Crippen molar-refractivity contribution in [1.82, 2.24) is 25.7 Å². The zero-order valence-corrected chi connectivity index (χ0v) is 13.6. The average molecular weight is 343 g/mol. The molecule has 1 aromatic rings. The molecule has 0 radical (unpaired) electrons. The van der Waals surface area contributed by atoms with Gasteiger partial charge in [0.25, 0.3) is 0 Å². The van der Waals surface area contributed by atoms with Crippen molar-refractivity contribution >= 4 is 30.2 Å². The summed E-state index contributed by atoms with van der Waals surface area (Å²) in [4.78, 5) is 34.4. The first-order valence-electron chi connectivity index (χ1n) is 6.92. The van der Waals surface area contributed by atoms with Gasteiger partial charge in [-0.15, -0.1) is 5.10 Å². The van der Waals surface area contributed by atoms with Crippen molar-refractivity contribution in [3.05, 3.63) is 11.9 Å². The molecule has 128 valence electrons. The second-order valence-corrected chi connectivity index (χ2v) is 5.34. The number of hydrogen-bond acceptors (Lipinski definition) is 8. The number of rotatable bonds is 10. The highest BCUT2D eigenvalue weighted by Crippen LogP contribution is 2.00. The fourth-order valence-electron chi connectivity index (χ4n) is 1.74. The Morgan fingerprint density at radius 3 is 2.61 bits per heavy atom. The number of nitrogens with one attached hydrogen (secondary N) is 2. The van der Waals surface area contributed by atoms with E-state index in [1.165, 1.54) is 11.6 Å². The molecule has 11 heteroatoms. The van der Waals surface area contributed by atoms with Gasteiger partial charge in [0.15, 0.2) is 5.78 Å². The summed E-state index contributed by atoms with van der Waals surface area (Å²) in [5.74, 6) is 4.33. The van der Waals surface area contributed by atoms with Gasteiger partial charge >= 0.3 is 0 Å². The topological polar surface area (TPSA) is 158 Å². The molecule has 1 heterocycles. The van der Waals surface area contributed by atoms with Crippen LogP contribution in [0.4, 0.5) is 0 Å². The number of carbonyl (C=O) groups is 3. The number of Topliss-reactive ketones (excluding diaryl/α,β-unsaturated/α-hetero) is 1. The zero-order chi connectivity index (χ0) is 17.4. The molecule has 0 aliphatic carbocycles. The van der Waals surface area contributed by atoms with E-state index in [0.717, 1.165) is 0 Å². The van der Waals surface area contributed by atoms with Gasteiger partial charge in [-0.25, -0.2) is 10.1 Å². The van der Waals surface area contributed by atoms with Gasteiger partial charge in [0.2, 0.25) is 11.8 Å². The molecule has 2 atom stereocenters. The minimum absolute atomic E-state index is 0.120. The number of hydrogen-bond donors (Lipinski definition) is 5. The molecule has 0 fully saturated rings. The van der Waals surface area contributed by atoms with Crippen LogP contribution in [0.25, 0.3) is 0 Å².